The van der Waals surface area contributed by atoms with Crippen LogP contribution in [0.3, 0.4) is 0 Å². The van der Waals surface area contributed by atoms with Crippen LogP contribution in [0.2, 0.25) is 5.02 Å². The lowest BCUT2D eigenvalue weighted by molar-refractivity contribution is 0.262. The summed E-state index contributed by atoms with van der Waals surface area (Å²) in [5.41, 5.74) is 0.747. The van der Waals surface area contributed by atoms with Crippen LogP contribution in [0.1, 0.15) is 0 Å². The number of halogens is 2. The third kappa shape index (κ3) is 4.19. The Balaban J connectivity index is 2.15. The van der Waals surface area contributed by atoms with Crippen molar-refractivity contribution in [2.45, 2.75) is 0 Å². The molecule has 0 atom stereocenters. The van der Waals surface area contributed by atoms with E-state index < -0.39 is 11.8 Å². The molecular weight excluding hydrogens is 325 g/mol. The molecule has 0 aliphatic rings. The number of methoxy groups -OCH3 is 1. The van der Waals surface area contributed by atoms with Gasteiger partial charge in [0.25, 0.3) is 0 Å². The van der Waals surface area contributed by atoms with Crippen molar-refractivity contribution in [3.8, 4) is 6.01 Å². The van der Waals surface area contributed by atoms with Gasteiger partial charge in [-0.25, -0.2) is 14.2 Å². The van der Waals surface area contributed by atoms with Crippen molar-refractivity contribution in [1.29, 1.82) is 0 Å². The van der Waals surface area contributed by atoms with Crippen molar-refractivity contribution in [2.24, 2.45) is 0 Å². The fraction of sp³-hybridized carbons (Fsp3) is 0.214. The Bertz CT molecular complexity index is 726. The number of carbonyl (C=O) groups is 1. The quantitative estimate of drug-likeness (QED) is 0.895. The first-order valence-corrected chi connectivity index (χ1v) is 6.90. The molecule has 1 aromatic carbocycles. The van der Waals surface area contributed by atoms with Crippen molar-refractivity contribution in [1.82, 2.24) is 9.97 Å². The number of nitrogens with zero attached hydrogens (tertiary/aromatic N) is 3. The van der Waals surface area contributed by atoms with Crippen LogP contribution in [0, 0.1) is 5.82 Å². The third-order valence-corrected chi connectivity index (χ3v) is 3.07. The summed E-state index contributed by atoms with van der Waals surface area (Å²) in [6, 6.07) is 3.53. The van der Waals surface area contributed by atoms with Crippen LogP contribution in [0.4, 0.5) is 26.4 Å². The number of hydrogen-bond acceptors (Lipinski definition) is 5. The van der Waals surface area contributed by atoms with Gasteiger partial charge in [-0.15, -0.1) is 0 Å². The van der Waals surface area contributed by atoms with Crippen LogP contribution in [0.15, 0.2) is 24.4 Å². The molecule has 23 heavy (non-hydrogen) atoms. The summed E-state index contributed by atoms with van der Waals surface area (Å²) in [6.07, 6.45) is 1.43. The third-order valence-electron chi connectivity index (χ3n) is 2.78. The number of rotatable bonds is 4. The van der Waals surface area contributed by atoms with E-state index in [1.807, 2.05) is 0 Å². The molecule has 1 heterocycles. The molecule has 1 aromatic heterocycles. The summed E-state index contributed by atoms with van der Waals surface area (Å²) >= 11 is 5.67. The van der Waals surface area contributed by atoms with E-state index in [2.05, 4.69) is 20.6 Å². The normalized spacial score (nSPS) is 10.1. The second-order valence-corrected chi connectivity index (χ2v) is 5.10. The standard InChI is InChI=1S/C14H15ClFN5O2/c1-21(2)12-11(7-17-14(20-12)23-3)19-13(22)18-8-4-5-10(16)9(15)6-8/h4-7H,1-3H3,(H2,18,19,22). The molecule has 2 aromatic rings. The SMILES string of the molecule is COc1ncc(NC(=O)Nc2ccc(F)c(Cl)c2)c(N(C)C)n1. The molecule has 0 unspecified atom stereocenters. The minimum absolute atomic E-state index is 0.0791. The maximum absolute atomic E-state index is 13.1. The number of nitrogens with one attached hydrogen (secondary N) is 2. The van der Waals surface area contributed by atoms with Crippen molar-refractivity contribution in [2.75, 3.05) is 36.7 Å². The molecule has 9 heteroatoms. The van der Waals surface area contributed by atoms with Crippen molar-refractivity contribution in [3.63, 3.8) is 0 Å². The van der Waals surface area contributed by atoms with Gasteiger partial charge in [0.1, 0.15) is 11.5 Å². The molecule has 2 rings (SSSR count). The first-order valence-electron chi connectivity index (χ1n) is 6.52. The Morgan fingerprint density at radius 2 is 2.09 bits per heavy atom. The van der Waals surface area contributed by atoms with Gasteiger partial charge in [0, 0.05) is 19.8 Å². The minimum atomic E-state index is -0.559. The second kappa shape index (κ2) is 7.10. The summed E-state index contributed by atoms with van der Waals surface area (Å²) in [4.78, 5) is 21.9. The number of carbonyl (C=O) groups excluding carboxylic acids is 1. The van der Waals surface area contributed by atoms with E-state index in [0.717, 1.165) is 0 Å². The number of amides is 2. The highest BCUT2D eigenvalue weighted by molar-refractivity contribution is 6.31. The topological polar surface area (TPSA) is 79.4 Å². The Morgan fingerprint density at radius 1 is 1.35 bits per heavy atom. The van der Waals surface area contributed by atoms with Gasteiger partial charge in [0.15, 0.2) is 5.82 Å². The molecule has 122 valence electrons. The van der Waals surface area contributed by atoms with Crippen LogP contribution in [0.25, 0.3) is 0 Å². The van der Waals surface area contributed by atoms with E-state index in [1.54, 1.807) is 19.0 Å². The van der Waals surface area contributed by atoms with Crippen molar-refractivity contribution in [3.05, 3.63) is 35.2 Å². The van der Waals surface area contributed by atoms with Gasteiger partial charge in [0.05, 0.1) is 18.3 Å². The van der Waals surface area contributed by atoms with Crippen LogP contribution in [0.5, 0.6) is 6.01 Å². The van der Waals surface area contributed by atoms with E-state index in [1.165, 1.54) is 31.5 Å². The largest absolute Gasteiger partial charge is 0.467 e. The number of ether oxygens (including phenoxy) is 1. The van der Waals surface area contributed by atoms with Crippen molar-refractivity contribution >= 4 is 34.8 Å². The predicted molar refractivity (Wildman–Crippen MR) is 87.0 cm³/mol. The molecule has 0 saturated heterocycles. The summed E-state index contributed by atoms with van der Waals surface area (Å²) in [6.45, 7) is 0. The zero-order valence-corrected chi connectivity index (χ0v) is 13.5. The zero-order chi connectivity index (χ0) is 17.0. The maximum Gasteiger partial charge on any atom is 0.323 e. The number of anilines is 3. The predicted octanol–water partition coefficient (Wildman–Crippen LogP) is 2.99. The molecule has 0 bridgehead atoms. The first-order chi connectivity index (χ1) is 10.9. The minimum Gasteiger partial charge on any atom is -0.467 e. The van der Waals surface area contributed by atoms with E-state index in [9.17, 15) is 9.18 Å². The Hall–Kier alpha value is -2.61. The van der Waals surface area contributed by atoms with Gasteiger partial charge < -0.3 is 20.3 Å². The maximum atomic E-state index is 13.1. The highest BCUT2D eigenvalue weighted by atomic mass is 35.5. The Kier molecular flexibility index (Phi) is 5.17. The number of hydrogen-bond donors (Lipinski definition) is 2. The molecule has 2 amide bonds. The van der Waals surface area contributed by atoms with Crippen LogP contribution in [-0.4, -0.2) is 37.2 Å². The average Bonchev–Trinajstić information content (AvgIpc) is 2.51. The molecule has 2 N–H and O–H groups in total. The van der Waals surface area contributed by atoms with E-state index in [0.29, 0.717) is 17.2 Å². The molecule has 7 nitrogen and oxygen atoms in total. The molecule has 0 aliphatic carbocycles. The van der Waals surface area contributed by atoms with Crippen LogP contribution >= 0.6 is 11.6 Å². The fourth-order valence-electron chi connectivity index (χ4n) is 1.74. The summed E-state index contributed by atoms with van der Waals surface area (Å²) < 4.78 is 18.1. The van der Waals surface area contributed by atoms with E-state index in [-0.39, 0.29) is 11.0 Å². The average molecular weight is 340 g/mol. The number of aromatic nitrogens is 2. The van der Waals surface area contributed by atoms with Gasteiger partial charge in [-0.1, -0.05) is 11.6 Å². The monoisotopic (exact) mass is 339 g/mol. The molecule has 0 fully saturated rings. The molecular formula is C14H15ClFN5O2. The first kappa shape index (κ1) is 16.8. The highest BCUT2D eigenvalue weighted by Gasteiger charge is 2.13. The molecule has 0 aliphatic heterocycles. The Labute approximate surface area is 137 Å². The summed E-state index contributed by atoms with van der Waals surface area (Å²) in [7, 11) is 4.99. The second-order valence-electron chi connectivity index (χ2n) is 4.70. The van der Waals surface area contributed by atoms with Gasteiger partial charge in [-0.2, -0.15) is 4.98 Å². The van der Waals surface area contributed by atoms with Gasteiger partial charge in [-0.05, 0) is 18.2 Å². The Morgan fingerprint density at radius 3 is 2.70 bits per heavy atom. The van der Waals surface area contributed by atoms with Gasteiger partial charge in [-0.3, -0.25) is 0 Å². The number of urea groups is 1. The number of benzene rings is 1. The fourth-order valence-corrected chi connectivity index (χ4v) is 1.92. The lowest BCUT2D eigenvalue weighted by Crippen LogP contribution is -2.22. The summed E-state index contributed by atoms with van der Waals surface area (Å²) in [5.74, 6) is -0.0831. The van der Waals surface area contributed by atoms with Crippen LogP contribution < -0.4 is 20.3 Å². The van der Waals surface area contributed by atoms with Crippen molar-refractivity contribution < 1.29 is 13.9 Å². The lowest BCUT2D eigenvalue weighted by atomic mass is 10.3. The zero-order valence-electron chi connectivity index (χ0n) is 12.7. The van der Waals surface area contributed by atoms with Crippen LogP contribution in [-0.2, 0) is 0 Å². The highest BCUT2D eigenvalue weighted by Crippen LogP contribution is 2.24. The summed E-state index contributed by atoms with van der Waals surface area (Å²) in [5, 5.41) is 5.08. The van der Waals surface area contributed by atoms with Gasteiger partial charge >= 0.3 is 12.0 Å². The van der Waals surface area contributed by atoms with E-state index in [4.69, 9.17) is 16.3 Å². The smallest absolute Gasteiger partial charge is 0.323 e. The van der Waals surface area contributed by atoms with E-state index >= 15 is 0 Å². The molecule has 0 spiro atoms. The van der Waals surface area contributed by atoms with Gasteiger partial charge in [0.2, 0.25) is 0 Å². The lowest BCUT2D eigenvalue weighted by Gasteiger charge is -2.17. The molecule has 0 saturated carbocycles. The molecule has 0 radical (unpaired) electrons.